The Labute approximate surface area is 106 Å². The summed E-state index contributed by atoms with van der Waals surface area (Å²) < 4.78 is 16.9. The minimum atomic E-state index is -0.771. The summed E-state index contributed by atoms with van der Waals surface area (Å²) in [5, 5.41) is 3.37. The van der Waals surface area contributed by atoms with E-state index < -0.39 is 10.8 Å². The molecule has 0 aliphatic carbocycles. The molecule has 17 heavy (non-hydrogen) atoms. The highest BCUT2D eigenvalue weighted by Crippen LogP contribution is 2.20. The van der Waals surface area contributed by atoms with E-state index in [1.54, 1.807) is 7.11 Å². The molecule has 0 aromatic heterocycles. The van der Waals surface area contributed by atoms with E-state index in [2.05, 4.69) is 12.2 Å². The van der Waals surface area contributed by atoms with Crippen LogP contribution in [0.4, 0.5) is 0 Å². The molecule has 1 aromatic rings. The van der Waals surface area contributed by atoms with Crippen molar-refractivity contribution in [2.45, 2.75) is 19.9 Å². The van der Waals surface area contributed by atoms with Gasteiger partial charge in [-0.2, -0.15) is 0 Å². The largest absolute Gasteiger partial charge is 0.497 e. The maximum atomic E-state index is 11.7. The number of rotatable bonds is 7. The molecule has 0 amide bonds. The fraction of sp³-hybridized carbons (Fsp3) is 0.538. The van der Waals surface area contributed by atoms with Crippen molar-refractivity contribution in [2.75, 3.05) is 25.2 Å². The van der Waals surface area contributed by atoms with Gasteiger partial charge in [-0.05, 0) is 24.2 Å². The third-order valence-corrected chi connectivity index (χ3v) is 3.97. The van der Waals surface area contributed by atoms with Crippen LogP contribution < -0.4 is 10.1 Å². The van der Waals surface area contributed by atoms with Crippen molar-refractivity contribution < 1.29 is 8.95 Å². The van der Waals surface area contributed by atoms with Gasteiger partial charge in [0, 0.05) is 28.3 Å². The van der Waals surface area contributed by atoms with Gasteiger partial charge < -0.3 is 10.1 Å². The van der Waals surface area contributed by atoms with Gasteiger partial charge in [-0.1, -0.05) is 26.0 Å². The molecule has 2 atom stereocenters. The van der Waals surface area contributed by atoms with Crippen LogP contribution in [0.3, 0.4) is 0 Å². The molecule has 4 heteroatoms. The average Bonchev–Trinajstić information content (AvgIpc) is 2.38. The van der Waals surface area contributed by atoms with Crippen LogP contribution in [0.2, 0.25) is 0 Å². The van der Waals surface area contributed by atoms with E-state index in [-0.39, 0.29) is 6.04 Å². The summed E-state index contributed by atoms with van der Waals surface area (Å²) in [5.41, 5.74) is 1.13. The number of benzene rings is 1. The predicted octanol–water partition coefficient (Wildman–Crippen LogP) is 2.11. The Morgan fingerprint density at radius 3 is 2.76 bits per heavy atom. The molecule has 1 rings (SSSR count). The molecule has 0 saturated heterocycles. The Bertz CT molecular complexity index is 368. The van der Waals surface area contributed by atoms with Crippen molar-refractivity contribution in [3.63, 3.8) is 0 Å². The molecule has 96 valence electrons. The lowest BCUT2D eigenvalue weighted by atomic mass is 10.1. The summed E-state index contributed by atoms with van der Waals surface area (Å²) in [7, 11) is 0.887. The van der Waals surface area contributed by atoms with E-state index in [0.29, 0.717) is 11.5 Å². The third-order valence-electron chi connectivity index (χ3n) is 2.62. The maximum absolute atomic E-state index is 11.7. The van der Waals surface area contributed by atoms with Gasteiger partial charge in [-0.3, -0.25) is 4.21 Å². The lowest BCUT2D eigenvalue weighted by Gasteiger charge is -2.18. The molecule has 0 aliphatic heterocycles. The van der Waals surface area contributed by atoms with Crippen molar-refractivity contribution in [1.82, 2.24) is 5.32 Å². The van der Waals surface area contributed by atoms with E-state index >= 15 is 0 Å². The topological polar surface area (TPSA) is 38.3 Å². The van der Waals surface area contributed by atoms with Crippen LogP contribution in [0, 0.1) is 0 Å². The van der Waals surface area contributed by atoms with Crippen LogP contribution in [0.1, 0.15) is 25.5 Å². The predicted molar refractivity (Wildman–Crippen MR) is 73.0 cm³/mol. The molecule has 0 bridgehead atoms. The SMILES string of the molecule is CCNC(CS(=O)CC)c1cccc(OC)c1. The van der Waals surface area contributed by atoms with Gasteiger partial charge in [0.05, 0.1) is 7.11 Å². The fourth-order valence-corrected chi connectivity index (χ4v) is 2.60. The number of methoxy groups -OCH3 is 1. The number of hydrogen-bond acceptors (Lipinski definition) is 3. The molecular formula is C13H21NO2S. The lowest BCUT2D eigenvalue weighted by Crippen LogP contribution is -2.26. The zero-order chi connectivity index (χ0) is 12.7. The number of ether oxygens (including phenoxy) is 1. The van der Waals surface area contributed by atoms with Crippen LogP contribution in [0.5, 0.6) is 5.75 Å². The first-order valence-corrected chi connectivity index (χ1v) is 7.42. The van der Waals surface area contributed by atoms with Crippen LogP contribution >= 0.6 is 0 Å². The first-order valence-electron chi connectivity index (χ1n) is 5.93. The minimum Gasteiger partial charge on any atom is -0.497 e. The molecule has 0 fully saturated rings. The van der Waals surface area contributed by atoms with Crippen molar-refractivity contribution in [3.8, 4) is 5.75 Å². The van der Waals surface area contributed by atoms with E-state index in [9.17, 15) is 4.21 Å². The lowest BCUT2D eigenvalue weighted by molar-refractivity contribution is 0.413. The van der Waals surface area contributed by atoms with E-state index in [1.807, 2.05) is 31.2 Å². The van der Waals surface area contributed by atoms with Gasteiger partial charge in [-0.25, -0.2) is 0 Å². The van der Waals surface area contributed by atoms with Crippen molar-refractivity contribution in [3.05, 3.63) is 29.8 Å². The molecule has 0 heterocycles. The maximum Gasteiger partial charge on any atom is 0.119 e. The summed E-state index contributed by atoms with van der Waals surface area (Å²) in [4.78, 5) is 0. The smallest absolute Gasteiger partial charge is 0.119 e. The van der Waals surface area contributed by atoms with E-state index in [4.69, 9.17) is 4.74 Å². The normalized spacial score (nSPS) is 14.3. The second-order valence-electron chi connectivity index (χ2n) is 3.78. The van der Waals surface area contributed by atoms with Gasteiger partial charge in [0.25, 0.3) is 0 Å². The summed E-state index contributed by atoms with van der Waals surface area (Å²) in [6.07, 6.45) is 0. The molecule has 2 unspecified atom stereocenters. The second kappa shape index (κ2) is 7.45. The Kier molecular flexibility index (Phi) is 6.22. The highest BCUT2D eigenvalue weighted by molar-refractivity contribution is 7.84. The van der Waals surface area contributed by atoms with Crippen LogP contribution in [-0.4, -0.2) is 29.4 Å². The second-order valence-corrected chi connectivity index (χ2v) is 5.57. The number of hydrogen-bond donors (Lipinski definition) is 1. The molecule has 0 radical (unpaired) electrons. The zero-order valence-electron chi connectivity index (χ0n) is 10.7. The van der Waals surface area contributed by atoms with Crippen LogP contribution in [-0.2, 0) is 10.8 Å². The van der Waals surface area contributed by atoms with E-state index in [0.717, 1.165) is 17.9 Å². The van der Waals surface area contributed by atoms with Gasteiger partial charge in [0.15, 0.2) is 0 Å². The van der Waals surface area contributed by atoms with Gasteiger partial charge >= 0.3 is 0 Å². The summed E-state index contributed by atoms with van der Waals surface area (Å²) in [6, 6.07) is 8.07. The molecule has 0 aliphatic rings. The quantitative estimate of drug-likeness (QED) is 0.811. The molecule has 0 saturated carbocycles. The van der Waals surface area contributed by atoms with Crippen LogP contribution in [0.15, 0.2) is 24.3 Å². The molecule has 3 nitrogen and oxygen atoms in total. The summed E-state index contributed by atoms with van der Waals surface area (Å²) >= 11 is 0. The Hall–Kier alpha value is -0.870. The Morgan fingerprint density at radius 1 is 1.41 bits per heavy atom. The standard InChI is InChI=1S/C13H21NO2S/c1-4-14-13(10-17(15)5-2)11-7-6-8-12(9-11)16-3/h6-9,13-14H,4-5,10H2,1-3H3. The highest BCUT2D eigenvalue weighted by atomic mass is 32.2. The summed E-state index contributed by atoms with van der Waals surface area (Å²) in [5.74, 6) is 2.19. The monoisotopic (exact) mass is 255 g/mol. The van der Waals surface area contributed by atoms with Crippen molar-refractivity contribution >= 4 is 10.8 Å². The molecule has 1 aromatic carbocycles. The van der Waals surface area contributed by atoms with Gasteiger partial charge in [-0.15, -0.1) is 0 Å². The fourth-order valence-electron chi connectivity index (χ4n) is 1.68. The Balaban J connectivity index is 2.84. The van der Waals surface area contributed by atoms with Gasteiger partial charge in [0.1, 0.15) is 5.75 Å². The third kappa shape index (κ3) is 4.48. The average molecular weight is 255 g/mol. The van der Waals surface area contributed by atoms with Crippen LogP contribution in [0.25, 0.3) is 0 Å². The Morgan fingerprint density at radius 2 is 2.18 bits per heavy atom. The molecular weight excluding hydrogens is 234 g/mol. The first kappa shape index (κ1) is 14.2. The van der Waals surface area contributed by atoms with Crippen molar-refractivity contribution in [2.24, 2.45) is 0 Å². The highest BCUT2D eigenvalue weighted by Gasteiger charge is 2.13. The van der Waals surface area contributed by atoms with E-state index in [1.165, 1.54) is 0 Å². The first-order chi connectivity index (χ1) is 8.21. The minimum absolute atomic E-state index is 0.135. The number of nitrogens with one attached hydrogen (secondary N) is 1. The molecule has 0 spiro atoms. The van der Waals surface area contributed by atoms with Crippen molar-refractivity contribution in [1.29, 1.82) is 0 Å². The molecule has 1 N–H and O–H groups in total. The summed E-state index contributed by atoms with van der Waals surface area (Å²) in [6.45, 7) is 4.87. The zero-order valence-corrected chi connectivity index (χ0v) is 11.5. The van der Waals surface area contributed by atoms with Gasteiger partial charge in [0.2, 0.25) is 0 Å².